The second kappa shape index (κ2) is 5.99. The van der Waals surface area contributed by atoms with E-state index in [-0.39, 0.29) is 10.8 Å². The van der Waals surface area contributed by atoms with Crippen LogP contribution in [0.2, 0.25) is 0 Å². The number of hydrogen-bond donors (Lipinski definition) is 2. The Morgan fingerprint density at radius 3 is 2.48 bits per heavy atom. The molecule has 0 aliphatic heterocycles. The Kier molecular flexibility index (Phi) is 4.11. The molecule has 132 valence electrons. The molecule has 0 aliphatic rings. The first-order valence-electron chi connectivity index (χ1n) is 7.47. The lowest BCUT2D eigenvalue weighted by Gasteiger charge is -2.11. The molecule has 0 atom stereocenters. The van der Waals surface area contributed by atoms with Crippen LogP contribution in [0.25, 0.3) is 11.6 Å². The van der Waals surface area contributed by atoms with Gasteiger partial charge in [-0.25, -0.2) is 12.8 Å². The molecule has 0 bridgehead atoms. The smallest absolute Gasteiger partial charge is 0.264 e. The fraction of sp³-hybridized carbons (Fsp3) is 0.250. The molecule has 0 unspecified atom stereocenters. The van der Waals surface area contributed by atoms with Crippen LogP contribution in [0, 0.1) is 33.5 Å². The van der Waals surface area contributed by atoms with Gasteiger partial charge < -0.3 is 9.40 Å². The fourth-order valence-corrected chi connectivity index (χ4v) is 4.26. The third-order valence-corrected chi connectivity index (χ3v) is 5.45. The van der Waals surface area contributed by atoms with E-state index >= 15 is 0 Å². The lowest BCUT2D eigenvalue weighted by Crippen LogP contribution is -2.15. The fourth-order valence-electron chi connectivity index (χ4n) is 2.68. The van der Waals surface area contributed by atoms with Gasteiger partial charge in [-0.05, 0) is 44.5 Å². The number of aromatic amines is 1. The van der Waals surface area contributed by atoms with Crippen molar-refractivity contribution in [2.24, 2.45) is 0 Å². The molecule has 7 nitrogen and oxygen atoms in total. The van der Waals surface area contributed by atoms with Crippen molar-refractivity contribution >= 4 is 15.7 Å². The van der Waals surface area contributed by atoms with Gasteiger partial charge in [-0.15, -0.1) is 10.2 Å². The molecule has 25 heavy (non-hydrogen) atoms. The van der Waals surface area contributed by atoms with Gasteiger partial charge in [-0.3, -0.25) is 4.72 Å². The average molecular weight is 364 g/mol. The largest absolute Gasteiger partial charge is 0.420 e. The summed E-state index contributed by atoms with van der Waals surface area (Å²) in [7, 11) is -3.88. The van der Waals surface area contributed by atoms with Crippen LogP contribution in [0.4, 0.5) is 10.1 Å². The first-order chi connectivity index (χ1) is 11.7. The number of nitrogens with zero attached hydrogens (tertiary/aromatic N) is 2. The molecule has 0 saturated carbocycles. The molecule has 0 spiro atoms. The third kappa shape index (κ3) is 3.14. The van der Waals surface area contributed by atoms with Crippen molar-refractivity contribution in [2.75, 3.05) is 4.72 Å². The molecule has 9 heteroatoms. The Bertz CT molecular complexity index is 1050. The number of rotatable bonds is 4. The number of aryl methyl sites for hydroxylation is 3. The quantitative estimate of drug-likeness (QED) is 0.740. The van der Waals surface area contributed by atoms with Crippen LogP contribution in [0.15, 0.2) is 27.5 Å². The van der Waals surface area contributed by atoms with Gasteiger partial charge in [0.25, 0.3) is 15.9 Å². The summed E-state index contributed by atoms with van der Waals surface area (Å²) >= 11 is 0. The second-order valence-corrected chi connectivity index (χ2v) is 7.39. The summed E-state index contributed by atoms with van der Waals surface area (Å²) in [5.41, 5.74) is 2.16. The highest BCUT2D eigenvalue weighted by molar-refractivity contribution is 7.92. The van der Waals surface area contributed by atoms with Gasteiger partial charge in [-0.2, -0.15) is 0 Å². The van der Waals surface area contributed by atoms with Gasteiger partial charge in [0, 0.05) is 18.2 Å². The molecular weight excluding hydrogens is 347 g/mol. The molecule has 3 rings (SSSR count). The van der Waals surface area contributed by atoms with Gasteiger partial charge in [0.05, 0.1) is 5.69 Å². The SMILES string of the molecule is Cc1nnc(-c2[nH]c(C)c(S(=O)(=O)Nc3ccc(F)cc3C)c2C)o1. The van der Waals surface area contributed by atoms with Crippen molar-refractivity contribution in [1.29, 1.82) is 0 Å². The number of hydrogen-bond acceptors (Lipinski definition) is 5. The Morgan fingerprint density at radius 1 is 1.16 bits per heavy atom. The topological polar surface area (TPSA) is 101 Å². The highest BCUT2D eigenvalue weighted by Crippen LogP contribution is 2.31. The molecule has 0 amide bonds. The Morgan fingerprint density at radius 2 is 1.88 bits per heavy atom. The molecule has 3 aromatic rings. The predicted molar refractivity (Wildman–Crippen MR) is 90.2 cm³/mol. The van der Waals surface area contributed by atoms with Crippen LogP contribution < -0.4 is 4.72 Å². The number of benzene rings is 1. The van der Waals surface area contributed by atoms with E-state index in [9.17, 15) is 12.8 Å². The van der Waals surface area contributed by atoms with Gasteiger partial charge >= 0.3 is 0 Å². The maximum atomic E-state index is 13.2. The zero-order chi connectivity index (χ0) is 18.4. The van der Waals surface area contributed by atoms with Crippen LogP contribution in [0.3, 0.4) is 0 Å². The number of halogens is 1. The van der Waals surface area contributed by atoms with Gasteiger partial charge in [0.2, 0.25) is 5.89 Å². The number of anilines is 1. The number of sulfonamides is 1. The molecule has 2 N–H and O–H groups in total. The van der Waals surface area contributed by atoms with Gasteiger partial charge in [-0.1, -0.05) is 0 Å². The van der Waals surface area contributed by atoms with Gasteiger partial charge in [0.15, 0.2) is 0 Å². The van der Waals surface area contributed by atoms with E-state index in [1.165, 1.54) is 18.2 Å². The van der Waals surface area contributed by atoms with Crippen LogP contribution in [-0.4, -0.2) is 23.6 Å². The summed E-state index contributed by atoms with van der Waals surface area (Å²) in [6.45, 7) is 6.58. The Labute approximate surface area is 144 Å². The standard InChI is InChI=1S/C16H17FN4O3S/c1-8-7-12(17)5-6-13(8)21-25(22,23)15-9(2)14(18-10(15)3)16-20-19-11(4)24-16/h5-7,18,21H,1-4H3. The summed E-state index contributed by atoms with van der Waals surface area (Å²) in [6, 6.07) is 3.86. The Hall–Kier alpha value is -2.68. The number of aromatic nitrogens is 3. The van der Waals surface area contributed by atoms with Crippen LogP contribution >= 0.6 is 0 Å². The van der Waals surface area contributed by atoms with Crippen molar-refractivity contribution in [3.05, 3.63) is 46.7 Å². The highest BCUT2D eigenvalue weighted by Gasteiger charge is 2.27. The van der Waals surface area contributed by atoms with Crippen molar-refractivity contribution in [3.63, 3.8) is 0 Å². The van der Waals surface area contributed by atoms with Crippen molar-refractivity contribution in [1.82, 2.24) is 15.2 Å². The lowest BCUT2D eigenvalue weighted by molar-refractivity contribution is 0.531. The van der Waals surface area contributed by atoms with E-state index in [4.69, 9.17) is 4.42 Å². The third-order valence-electron chi connectivity index (χ3n) is 3.81. The van der Waals surface area contributed by atoms with E-state index in [1.807, 2.05) is 0 Å². The molecular formula is C16H17FN4O3S. The average Bonchev–Trinajstić information content (AvgIpc) is 3.05. The summed E-state index contributed by atoms with van der Waals surface area (Å²) in [5.74, 6) is 0.173. The molecule has 0 saturated heterocycles. The van der Waals surface area contributed by atoms with Crippen molar-refractivity contribution < 1.29 is 17.2 Å². The molecule has 2 aromatic heterocycles. The Balaban J connectivity index is 2.04. The van der Waals surface area contributed by atoms with Crippen molar-refractivity contribution in [2.45, 2.75) is 32.6 Å². The van der Waals surface area contributed by atoms with E-state index in [1.54, 1.807) is 27.7 Å². The highest BCUT2D eigenvalue weighted by atomic mass is 32.2. The van der Waals surface area contributed by atoms with E-state index in [0.29, 0.717) is 34.1 Å². The summed E-state index contributed by atoms with van der Waals surface area (Å²) in [6.07, 6.45) is 0. The van der Waals surface area contributed by atoms with E-state index < -0.39 is 15.8 Å². The number of nitrogens with one attached hydrogen (secondary N) is 2. The van der Waals surface area contributed by atoms with Crippen molar-refractivity contribution in [3.8, 4) is 11.6 Å². The monoisotopic (exact) mass is 364 g/mol. The molecule has 1 aromatic carbocycles. The minimum Gasteiger partial charge on any atom is -0.420 e. The molecule has 2 heterocycles. The number of H-pyrrole nitrogens is 1. The first-order valence-corrected chi connectivity index (χ1v) is 8.96. The zero-order valence-electron chi connectivity index (χ0n) is 14.1. The van der Waals surface area contributed by atoms with Crippen LogP contribution in [0.5, 0.6) is 0 Å². The van der Waals surface area contributed by atoms with Gasteiger partial charge in [0.1, 0.15) is 16.4 Å². The second-order valence-electron chi connectivity index (χ2n) is 5.77. The van der Waals surface area contributed by atoms with E-state index in [0.717, 1.165) is 0 Å². The maximum Gasteiger partial charge on any atom is 0.264 e. The van der Waals surface area contributed by atoms with E-state index in [2.05, 4.69) is 19.9 Å². The summed E-state index contributed by atoms with van der Waals surface area (Å²) in [4.78, 5) is 3.08. The summed E-state index contributed by atoms with van der Waals surface area (Å²) in [5, 5.41) is 7.67. The van der Waals surface area contributed by atoms with Crippen LogP contribution in [0.1, 0.15) is 22.7 Å². The zero-order valence-corrected chi connectivity index (χ0v) is 15.0. The maximum absolute atomic E-state index is 13.2. The normalized spacial score (nSPS) is 11.7. The molecule has 0 fully saturated rings. The minimum absolute atomic E-state index is 0.0991. The van der Waals surface area contributed by atoms with Crippen LogP contribution in [-0.2, 0) is 10.0 Å². The minimum atomic E-state index is -3.88. The summed E-state index contributed by atoms with van der Waals surface area (Å²) < 4.78 is 46.8. The molecule has 0 radical (unpaired) electrons. The lowest BCUT2D eigenvalue weighted by atomic mass is 10.2. The first kappa shape index (κ1) is 17.2. The predicted octanol–water partition coefficient (Wildman–Crippen LogP) is 3.24. The molecule has 0 aliphatic carbocycles.